The zero-order valence-electron chi connectivity index (χ0n) is 28.0. The van der Waals surface area contributed by atoms with Gasteiger partial charge in [-0.1, -0.05) is 79.7 Å². The molecule has 1 aliphatic heterocycles. The highest BCUT2D eigenvalue weighted by Crippen LogP contribution is 2.35. The number of aryl methyl sites for hydroxylation is 1. The molecule has 4 aromatic carbocycles. The van der Waals surface area contributed by atoms with Crippen molar-refractivity contribution in [3.05, 3.63) is 125 Å². The number of rotatable bonds is 8. The van der Waals surface area contributed by atoms with Crippen LogP contribution in [0.4, 0.5) is 4.79 Å². The molecule has 3 heterocycles. The fourth-order valence-corrected chi connectivity index (χ4v) is 6.37. The Morgan fingerprint density at radius 2 is 1.67 bits per heavy atom. The molecule has 1 aliphatic rings. The molecule has 0 radical (unpaired) electrons. The molecule has 0 saturated heterocycles. The first-order chi connectivity index (χ1) is 23.3. The van der Waals surface area contributed by atoms with Gasteiger partial charge in [0.25, 0.3) is 0 Å². The van der Waals surface area contributed by atoms with Gasteiger partial charge >= 0.3 is 6.09 Å². The number of nitrogens with zero attached hydrogens (tertiary/aromatic N) is 4. The van der Waals surface area contributed by atoms with Crippen LogP contribution in [0.25, 0.3) is 33.5 Å². The van der Waals surface area contributed by atoms with Crippen molar-refractivity contribution < 1.29 is 14.3 Å². The summed E-state index contributed by atoms with van der Waals surface area (Å²) < 4.78 is 14.1. The van der Waals surface area contributed by atoms with Crippen LogP contribution >= 0.6 is 0 Å². The number of hydrogen-bond acceptors (Lipinski definition) is 5. The molecular weight excluding hydrogens is 598 g/mol. The topological polar surface area (TPSA) is 85.3 Å². The SMILES string of the molecule is CCc1cc(OCc2ccccc2)ccc1-c1ccc2c(-c3nc4c(n3Cc3ccccc3)CCN(C(=O)OC(C)(C)C)C4)n[nH]c2c1. The predicted octanol–water partition coefficient (Wildman–Crippen LogP) is 8.58. The third-order valence-corrected chi connectivity index (χ3v) is 8.74. The maximum Gasteiger partial charge on any atom is 0.410 e. The normalized spacial score (nSPS) is 13.0. The first kappa shape index (κ1) is 31.2. The first-order valence-corrected chi connectivity index (χ1v) is 16.6. The fraction of sp³-hybridized carbons (Fsp3) is 0.275. The molecular formula is C40H41N5O3. The number of carbonyl (C=O) groups is 1. The average molecular weight is 640 g/mol. The number of ether oxygens (including phenoxy) is 2. The number of fused-ring (bicyclic) bond motifs is 2. The van der Waals surface area contributed by atoms with E-state index in [9.17, 15) is 4.79 Å². The maximum atomic E-state index is 13.0. The Hall–Kier alpha value is -5.37. The van der Waals surface area contributed by atoms with Gasteiger partial charge in [-0.15, -0.1) is 0 Å². The number of imidazole rings is 1. The van der Waals surface area contributed by atoms with Crippen LogP contribution in [0.3, 0.4) is 0 Å². The number of hydrogen-bond donors (Lipinski definition) is 1. The molecule has 8 nitrogen and oxygen atoms in total. The van der Waals surface area contributed by atoms with Gasteiger partial charge < -0.3 is 18.9 Å². The summed E-state index contributed by atoms with van der Waals surface area (Å²) in [5, 5.41) is 9.12. The van der Waals surface area contributed by atoms with Crippen LogP contribution in [0.5, 0.6) is 5.75 Å². The van der Waals surface area contributed by atoms with Crippen molar-refractivity contribution in [3.63, 3.8) is 0 Å². The summed E-state index contributed by atoms with van der Waals surface area (Å²) in [6, 6.07) is 33.4. The zero-order valence-corrected chi connectivity index (χ0v) is 28.0. The predicted molar refractivity (Wildman–Crippen MR) is 189 cm³/mol. The number of aromatic nitrogens is 4. The van der Waals surface area contributed by atoms with Crippen molar-refractivity contribution >= 4 is 17.0 Å². The Morgan fingerprint density at radius 3 is 2.40 bits per heavy atom. The lowest BCUT2D eigenvalue weighted by Gasteiger charge is -2.30. The number of carbonyl (C=O) groups excluding carboxylic acids is 1. The average Bonchev–Trinajstić information content (AvgIpc) is 3.67. The quantitative estimate of drug-likeness (QED) is 0.180. The standard InChI is InChI=1S/C40H41N5O3/c1-5-29-22-31(47-26-28-14-10-7-11-15-28)17-19-32(29)30-16-18-33-34(23-30)42-43-37(33)38-41-35-25-44(39(46)48-40(2,3)4)21-20-36(35)45(38)24-27-12-8-6-9-13-27/h6-19,22-23H,5,20-21,24-26H2,1-4H3,(H,42,43). The summed E-state index contributed by atoms with van der Waals surface area (Å²) in [5.41, 5.74) is 9.03. The van der Waals surface area contributed by atoms with Crippen LogP contribution in [-0.2, 0) is 37.3 Å². The fourth-order valence-electron chi connectivity index (χ4n) is 6.37. The van der Waals surface area contributed by atoms with Crippen LogP contribution in [-0.4, -0.2) is 42.9 Å². The van der Waals surface area contributed by atoms with Crippen molar-refractivity contribution in [2.45, 2.75) is 65.8 Å². The summed E-state index contributed by atoms with van der Waals surface area (Å²) >= 11 is 0. The largest absolute Gasteiger partial charge is 0.489 e. The van der Waals surface area contributed by atoms with Crippen molar-refractivity contribution in [2.24, 2.45) is 0 Å². The molecule has 2 aromatic heterocycles. The van der Waals surface area contributed by atoms with Crippen molar-refractivity contribution in [2.75, 3.05) is 6.54 Å². The van der Waals surface area contributed by atoms with Crippen LogP contribution in [0.15, 0.2) is 97.1 Å². The van der Waals surface area contributed by atoms with Gasteiger partial charge in [0.15, 0.2) is 5.82 Å². The van der Waals surface area contributed by atoms with Crippen molar-refractivity contribution in [1.29, 1.82) is 0 Å². The zero-order chi connectivity index (χ0) is 33.3. The van der Waals surface area contributed by atoms with E-state index >= 15 is 0 Å². The molecule has 0 bridgehead atoms. The van der Waals surface area contributed by atoms with Crippen LogP contribution in [0.2, 0.25) is 0 Å². The highest BCUT2D eigenvalue weighted by molar-refractivity contribution is 5.94. The molecule has 6 aromatic rings. The van der Waals surface area contributed by atoms with Crippen LogP contribution < -0.4 is 4.74 Å². The number of aromatic amines is 1. The highest BCUT2D eigenvalue weighted by atomic mass is 16.6. The monoisotopic (exact) mass is 639 g/mol. The third kappa shape index (κ3) is 6.56. The van der Waals surface area contributed by atoms with Gasteiger partial charge in [-0.05, 0) is 79.3 Å². The molecule has 0 atom stereocenters. The Kier molecular flexibility index (Phi) is 8.48. The molecule has 0 unspecified atom stereocenters. The van der Waals surface area contributed by atoms with Gasteiger partial charge in [0, 0.05) is 30.6 Å². The Labute approximate surface area is 281 Å². The van der Waals surface area contributed by atoms with E-state index < -0.39 is 5.60 Å². The Bertz CT molecular complexity index is 2060. The molecule has 244 valence electrons. The lowest BCUT2D eigenvalue weighted by atomic mass is 9.96. The van der Waals surface area contributed by atoms with E-state index in [1.165, 1.54) is 16.7 Å². The summed E-state index contributed by atoms with van der Waals surface area (Å²) in [4.78, 5) is 19.8. The lowest BCUT2D eigenvalue weighted by Crippen LogP contribution is -2.40. The number of amides is 1. The van der Waals surface area contributed by atoms with Crippen molar-refractivity contribution in [3.8, 4) is 28.4 Å². The number of nitrogens with one attached hydrogen (secondary N) is 1. The molecule has 1 N–H and O–H groups in total. The van der Waals surface area contributed by atoms with E-state index in [-0.39, 0.29) is 6.09 Å². The summed E-state index contributed by atoms with van der Waals surface area (Å²) in [6.45, 7) is 10.0. The van der Waals surface area contributed by atoms with Crippen LogP contribution in [0.1, 0.15) is 55.8 Å². The third-order valence-electron chi connectivity index (χ3n) is 8.74. The minimum atomic E-state index is -0.557. The minimum absolute atomic E-state index is 0.313. The maximum absolute atomic E-state index is 13.0. The number of H-pyrrole nitrogens is 1. The molecule has 0 fully saturated rings. The van der Waals surface area contributed by atoms with E-state index in [1.807, 2.05) is 51.1 Å². The molecule has 8 heteroatoms. The molecule has 7 rings (SSSR count). The minimum Gasteiger partial charge on any atom is -0.489 e. The van der Waals surface area contributed by atoms with E-state index in [4.69, 9.17) is 19.6 Å². The van der Waals surface area contributed by atoms with Gasteiger partial charge in [0.05, 0.1) is 17.8 Å². The summed E-state index contributed by atoms with van der Waals surface area (Å²) in [7, 11) is 0. The van der Waals surface area contributed by atoms with E-state index in [0.29, 0.717) is 32.7 Å². The summed E-state index contributed by atoms with van der Waals surface area (Å²) in [5.74, 6) is 1.66. The van der Waals surface area contributed by atoms with Crippen LogP contribution in [0, 0.1) is 0 Å². The smallest absolute Gasteiger partial charge is 0.410 e. The Morgan fingerprint density at radius 1 is 0.917 bits per heavy atom. The molecule has 0 spiro atoms. The van der Waals surface area contributed by atoms with E-state index in [0.717, 1.165) is 57.1 Å². The second kappa shape index (κ2) is 13.0. The molecule has 48 heavy (non-hydrogen) atoms. The number of benzene rings is 4. The summed E-state index contributed by atoms with van der Waals surface area (Å²) in [6.07, 6.45) is 1.26. The lowest BCUT2D eigenvalue weighted by molar-refractivity contribution is 0.0220. The van der Waals surface area contributed by atoms with Gasteiger partial charge in [-0.2, -0.15) is 5.10 Å². The van der Waals surface area contributed by atoms with E-state index in [2.05, 4.69) is 83.3 Å². The second-order valence-corrected chi connectivity index (χ2v) is 13.3. The Balaban J connectivity index is 1.20. The molecule has 0 saturated carbocycles. The van der Waals surface area contributed by atoms with Gasteiger partial charge in [0.2, 0.25) is 0 Å². The first-order valence-electron chi connectivity index (χ1n) is 16.6. The second-order valence-electron chi connectivity index (χ2n) is 13.3. The molecule has 0 aliphatic carbocycles. The molecule has 1 amide bonds. The van der Waals surface area contributed by atoms with Gasteiger partial charge in [-0.3, -0.25) is 5.10 Å². The van der Waals surface area contributed by atoms with Gasteiger partial charge in [-0.25, -0.2) is 9.78 Å². The highest BCUT2D eigenvalue weighted by Gasteiger charge is 2.31. The van der Waals surface area contributed by atoms with Crippen molar-refractivity contribution in [1.82, 2.24) is 24.6 Å². The van der Waals surface area contributed by atoms with E-state index in [1.54, 1.807) is 4.90 Å². The van der Waals surface area contributed by atoms with Gasteiger partial charge in [0.1, 0.15) is 23.7 Å².